The largest absolute Gasteiger partial charge is 0.497 e. The molecule has 0 saturated heterocycles. The number of rotatable bonds is 6. The normalized spacial score (nSPS) is 12.3. The molecule has 0 spiro atoms. The highest BCUT2D eigenvalue weighted by Gasteiger charge is 2.05. The minimum Gasteiger partial charge on any atom is -0.497 e. The van der Waals surface area contributed by atoms with Crippen LogP contribution in [0.4, 0.5) is 0 Å². The van der Waals surface area contributed by atoms with E-state index in [4.69, 9.17) is 4.74 Å². The number of ether oxygens (including phenoxy) is 1. The van der Waals surface area contributed by atoms with Crippen molar-refractivity contribution in [2.75, 3.05) is 13.7 Å². The summed E-state index contributed by atoms with van der Waals surface area (Å²) in [5.41, 5.74) is 2.61. The topological polar surface area (TPSA) is 21.3 Å². The molecule has 1 aromatic carbocycles. The molecule has 1 aromatic rings. The Morgan fingerprint density at radius 1 is 1.28 bits per heavy atom. The summed E-state index contributed by atoms with van der Waals surface area (Å²) in [7, 11) is 1.70. The van der Waals surface area contributed by atoms with Crippen LogP contribution in [0.1, 0.15) is 33.3 Å². The second-order valence-electron chi connectivity index (χ2n) is 5.19. The number of hydrogen-bond donors (Lipinski definition) is 1. The van der Waals surface area contributed by atoms with E-state index in [0.717, 1.165) is 12.3 Å². The molecule has 1 rings (SSSR count). The van der Waals surface area contributed by atoms with Crippen molar-refractivity contribution in [2.24, 2.45) is 5.92 Å². The molecule has 100 valence electrons. The highest BCUT2D eigenvalue weighted by atomic mass is 16.5. The molecular formula is C16H25NO. The fourth-order valence-corrected chi connectivity index (χ4v) is 1.69. The molecule has 0 atom stereocenters. The average molecular weight is 247 g/mol. The van der Waals surface area contributed by atoms with Crippen LogP contribution in [0.3, 0.4) is 0 Å². The first-order valence-corrected chi connectivity index (χ1v) is 6.60. The van der Waals surface area contributed by atoms with Crippen molar-refractivity contribution in [1.29, 1.82) is 0 Å². The quantitative estimate of drug-likeness (QED) is 0.827. The third-order valence-electron chi connectivity index (χ3n) is 2.90. The Bertz CT molecular complexity index is 394. The van der Waals surface area contributed by atoms with Gasteiger partial charge in [-0.1, -0.05) is 51.5 Å². The molecule has 1 N–H and O–H groups in total. The average Bonchev–Trinajstić information content (AvgIpc) is 2.34. The van der Waals surface area contributed by atoms with Crippen molar-refractivity contribution in [2.45, 2.75) is 33.7 Å². The fourth-order valence-electron chi connectivity index (χ4n) is 1.69. The lowest BCUT2D eigenvalue weighted by molar-refractivity contribution is 0.414. The first-order valence-electron chi connectivity index (χ1n) is 6.60. The van der Waals surface area contributed by atoms with Crippen molar-refractivity contribution in [3.63, 3.8) is 0 Å². The Kier molecular flexibility index (Phi) is 5.93. The van der Waals surface area contributed by atoms with E-state index in [1.54, 1.807) is 7.11 Å². The Morgan fingerprint density at radius 3 is 2.56 bits per heavy atom. The Labute approximate surface area is 111 Å². The zero-order chi connectivity index (χ0) is 13.5. The smallest absolute Gasteiger partial charge is 0.119 e. The molecule has 0 saturated carbocycles. The monoisotopic (exact) mass is 247 g/mol. The summed E-state index contributed by atoms with van der Waals surface area (Å²) in [6.45, 7) is 9.74. The zero-order valence-corrected chi connectivity index (χ0v) is 12.2. The number of benzene rings is 1. The fraction of sp³-hybridized carbons (Fsp3) is 0.500. The van der Waals surface area contributed by atoms with Gasteiger partial charge in [-0.05, 0) is 23.6 Å². The van der Waals surface area contributed by atoms with Crippen LogP contribution in [-0.2, 0) is 0 Å². The Hall–Kier alpha value is -1.28. The van der Waals surface area contributed by atoms with Crippen LogP contribution in [-0.4, -0.2) is 19.7 Å². The van der Waals surface area contributed by atoms with Gasteiger partial charge in [0.15, 0.2) is 0 Å². The molecule has 0 aromatic heterocycles. The van der Waals surface area contributed by atoms with E-state index in [1.165, 1.54) is 11.1 Å². The van der Waals surface area contributed by atoms with Gasteiger partial charge >= 0.3 is 0 Å². The van der Waals surface area contributed by atoms with Gasteiger partial charge in [0.25, 0.3) is 0 Å². The van der Waals surface area contributed by atoms with Crippen LogP contribution in [0.25, 0.3) is 6.08 Å². The minimum atomic E-state index is 0.512. The van der Waals surface area contributed by atoms with Gasteiger partial charge in [-0.2, -0.15) is 0 Å². The molecule has 2 nitrogen and oxygen atoms in total. The lowest BCUT2D eigenvalue weighted by atomic mass is 10.00. The van der Waals surface area contributed by atoms with Crippen LogP contribution in [0.5, 0.6) is 5.75 Å². The van der Waals surface area contributed by atoms with E-state index in [0.29, 0.717) is 12.0 Å². The first kappa shape index (κ1) is 14.8. The highest BCUT2D eigenvalue weighted by molar-refractivity contribution is 5.55. The molecule has 2 heteroatoms. The molecule has 0 amide bonds. The maximum atomic E-state index is 5.25. The number of methoxy groups -OCH3 is 1. The SMILES string of the molecule is COc1cccc(C=C(CNC(C)C)C(C)C)c1. The number of nitrogens with one attached hydrogen (secondary N) is 1. The van der Waals surface area contributed by atoms with E-state index in [1.807, 2.05) is 12.1 Å². The lowest BCUT2D eigenvalue weighted by Gasteiger charge is -2.15. The van der Waals surface area contributed by atoms with E-state index in [9.17, 15) is 0 Å². The van der Waals surface area contributed by atoms with Gasteiger partial charge in [-0.15, -0.1) is 0 Å². The molecule has 0 heterocycles. The van der Waals surface area contributed by atoms with Gasteiger partial charge in [0.2, 0.25) is 0 Å². The van der Waals surface area contributed by atoms with Crippen molar-refractivity contribution in [3.8, 4) is 5.75 Å². The van der Waals surface area contributed by atoms with Crippen LogP contribution in [0.2, 0.25) is 0 Å². The molecular weight excluding hydrogens is 222 g/mol. The van der Waals surface area contributed by atoms with Crippen LogP contribution in [0, 0.1) is 5.92 Å². The second kappa shape index (κ2) is 7.22. The van der Waals surface area contributed by atoms with Gasteiger partial charge in [0.1, 0.15) is 5.75 Å². The maximum absolute atomic E-state index is 5.25. The van der Waals surface area contributed by atoms with Gasteiger partial charge in [0.05, 0.1) is 7.11 Å². The highest BCUT2D eigenvalue weighted by Crippen LogP contribution is 2.18. The molecule has 18 heavy (non-hydrogen) atoms. The number of hydrogen-bond acceptors (Lipinski definition) is 2. The molecule has 0 aliphatic heterocycles. The van der Waals surface area contributed by atoms with Gasteiger partial charge in [0, 0.05) is 12.6 Å². The summed E-state index contributed by atoms with van der Waals surface area (Å²) in [5, 5.41) is 3.48. The molecule has 0 radical (unpaired) electrons. The van der Waals surface area contributed by atoms with Gasteiger partial charge in [-0.3, -0.25) is 0 Å². The van der Waals surface area contributed by atoms with Gasteiger partial charge < -0.3 is 10.1 Å². The van der Waals surface area contributed by atoms with Crippen LogP contribution >= 0.6 is 0 Å². The van der Waals surface area contributed by atoms with Crippen molar-refractivity contribution in [3.05, 3.63) is 35.4 Å². The van der Waals surface area contributed by atoms with Crippen LogP contribution < -0.4 is 10.1 Å². The Balaban J connectivity index is 2.86. The van der Waals surface area contributed by atoms with E-state index in [-0.39, 0.29) is 0 Å². The van der Waals surface area contributed by atoms with Gasteiger partial charge in [-0.25, -0.2) is 0 Å². The van der Waals surface area contributed by atoms with Crippen molar-refractivity contribution >= 4 is 6.08 Å². The molecule has 0 fully saturated rings. The summed E-state index contributed by atoms with van der Waals surface area (Å²) >= 11 is 0. The molecule has 0 unspecified atom stereocenters. The van der Waals surface area contributed by atoms with E-state index < -0.39 is 0 Å². The van der Waals surface area contributed by atoms with Crippen LogP contribution in [0.15, 0.2) is 29.8 Å². The summed E-state index contributed by atoms with van der Waals surface area (Å²) in [5.74, 6) is 1.45. The first-order chi connectivity index (χ1) is 8.52. The summed E-state index contributed by atoms with van der Waals surface area (Å²) in [6.07, 6.45) is 2.25. The predicted octanol–water partition coefficient (Wildman–Crippen LogP) is 3.73. The molecule has 0 aliphatic carbocycles. The van der Waals surface area contributed by atoms with E-state index in [2.05, 4.69) is 51.2 Å². The Morgan fingerprint density at radius 2 is 2.00 bits per heavy atom. The van der Waals surface area contributed by atoms with E-state index >= 15 is 0 Å². The summed E-state index contributed by atoms with van der Waals surface area (Å²) in [6, 6.07) is 8.69. The van der Waals surface area contributed by atoms with Crippen molar-refractivity contribution in [1.82, 2.24) is 5.32 Å². The standard InChI is InChI=1S/C16H25NO/c1-12(2)15(11-17-13(3)4)9-14-7-6-8-16(10-14)18-5/h6-10,12-13,17H,11H2,1-5H3. The minimum absolute atomic E-state index is 0.512. The van der Waals surface area contributed by atoms with Crippen molar-refractivity contribution < 1.29 is 4.74 Å². The third-order valence-corrected chi connectivity index (χ3v) is 2.90. The third kappa shape index (κ3) is 4.92. The lowest BCUT2D eigenvalue weighted by Crippen LogP contribution is -2.26. The summed E-state index contributed by atoms with van der Waals surface area (Å²) < 4.78 is 5.25. The molecule has 0 aliphatic rings. The second-order valence-corrected chi connectivity index (χ2v) is 5.19. The summed E-state index contributed by atoms with van der Waals surface area (Å²) in [4.78, 5) is 0. The maximum Gasteiger partial charge on any atom is 0.119 e. The predicted molar refractivity (Wildman–Crippen MR) is 78.9 cm³/mol. The molecule has 0 bridgehead atoms. The zero-order valence-electron chi connectivity index (χ0n) is 12.2.